The Morgan fingerprint density at radius 3 is 2.67 bits per heavy atom. The Labute approximate surface area is 82.6 Å². The summed E-state index contributed by atoms with van der Waals surface area (Å²) in [5.74, 6) is 0.149. The van der Waals surface area contributed by atoms with E-state index in [4.69, 9.17) is 11.6 Å². The Kier molecular flexibility index (Phi) is 3.05. The van der Waals surface area contributed by atoms with E-state index in [0.717, 1.165) is 0 Å². The van der Waals surface area contributed by atoms with Crippen LogP contribution in [0.25, 0.3) is 0 Å². The van der Waals surface area contributed by atoms with Gasteiger partial charge in [-0.15, -0.1) is 11.6 Å². The fourth-order valence-electron chi connectivity index (χ4n) is 0.872. The van der Waals surface area contributed by atoms with E-state index in [2.05, 4.69) is 15.9 Å². The molecule has 5 heteroatoms. The van der Waals surface area contributed by atoms with Crippen LogP contribution in [0.1, 0.15) is 5.56 Å². The summed E-state index contributed by atoms with van der Waals surface area (Å²) in [7, 11) is 0. The third-order valence-corrected chi connectivity index (χ3v) is 2.32. The first kappa shape index (κ1) is 9.48. The number of benzene rings is 1. The van der Waals surface area contributed by atoms with Crippen molar-refractivity contribution in [1.29, 1.82) is 0 Å². The van der Waals surface area contributed by atoms with Crippen molar-refractivity contribution in [1.82, 2.24) is 0 Å². The predicted octanol–water partition coefficient (Wildman–Crippen LogP) is 3.10. The van der Waals surface area contributed by atoms with Crippen LogP contribution >= 0.6 is 27.5 Å². The van der Waals surface area contributed by atoms with Gasteiger partial charge in [0.05, 0.1) is 15.3 Å². The van der Waals surface area contributed by atoms with Crippen molar-refractivity contribution in [3.05, 3.63) is 38.3 Å². The quantitative estimate of drug-likeness (QED) is 0.460. The van der Waals surface area contributed by atoms with Crippen LogP contribution < -0.4 is 0 Å². The molecule has 0 bridgehead atoms. The van der Waals surface area contributed by atoms with Gasteiger partial charge in [0.15, 0.2) is 0 Å². The van der Waals surface area contributed by atoms with E-state index in [1.807, 2.05) is 0 Å². The number of nitro groups is 1. The minimum absolute atomic E-state index is 0.0486. The largest absolute Gasteiger partial charge is 0.287 e. The van der Waals surface area contributed by atoms with Crippen molar-refractivity contribution in [3.8, 4) is 0 Å². The van der Waals surface area contributed by atoms with Crippen molar-refractivity contribution in [3.63, 3.8) is 0 Å². The highest BCUT2D eigenvalue weighted by Gasteiger charge is 2.16. The molecule has 0 fully saturated rings. The van der Waals surface area contributed by atoms with Crippen LogP contribution in [0, 0.1) is 10.1 Å². The zero-order chi connectivity index (χ0) is 9.14. The maximum atomic E-state index is 10.5. The molecule has 0 saturated carbocycles. The van der Waals surface area contributed by atoms with Crippen LogP contribution in [0.15, 0.2) is 22.7 Å². The van der Waals surface area contributed by atoms with E-state index in [0.29, 0.717) is 10.0 Å². The molecular formula is C7H5BrClNO2. The molecule has 0 aliphatic carbocycles. The standard InChI is InChI=1S/C7H5BrClNO2/c8-6-3-1-2-5(4-9)7(6)10(11)12/h1-3H,4H2. The number of hydrogen-bond acceptors (Lipinski definition) is 2. The lowest BCUT2D eigenvalue weighted by Crippen LogP contribution is -1.94. The van der Waals surface area contributed by atoms with Crippen molar-refractivity contribution < 1.29 is 4.92 Å². The number of nitro benzene ring substituents is 1. The number of alkyl halides is 1. The fourth-order valence-corrected chi connectivity index (χ4v) is 1.64. The zero-order valence-electron chi connectivity index (χ0n) is 5.96. The molecule has 0 N–H and O–H groups in total. The van der Waals surface area contributed by atoms with Crippen LogP contribution in [0.3, 0.4) is 0 Å². The highest BCUT2D eigenvalue weighted by Crippen LogP contribution is 2.29. The number of rotatable bonds is 2. The molecule has 0 spiro atoms. The molecule has 0 heterocycles. The van der Waals surface area contributed by atoms with Gasteiger partial charge in [-0.25, -0.2) is 0 Å². The lowest BCUT2D eigenvalue weighted by Gasteiger charge is -1.99. The molecule has 0 atom stereocenters. The molecule has 0 aliphatic heterocycles. The molecule has 12 heavy (non-hydrogen) atoms. The van der Waals surface area contributed by atoms with E-state index in [1.54, 1.807) is 18.2 Å². The van der Waals surface area contributed by atoms with Crippen LogP contribution in [-0.4, -0.2) is 4.92 Å². The summed E-state index contributed by atoms with van der Waals surface area (Å²) < 4.78 is 0.464. The summed E-state index contributed by atoms with van der Waals surface area (Å²) in [6.45, 7) is 0. The first-order valence-electron chi connectivity index (χ1n) is 3.14. The molecule has 0 radical (unpaired) electrons. The average molecular weight is 250 g/mol. The maximum Gasteiger partial charge on any atom is 0.287 e. The first-order chi connectivity index (χ1) is 5.66. The predicted molar refractivity (Wildman–Crippen MR) is 50.4 cm³/mol. The van der Waals surface area contributed by atoms with E-state index < -0.39 is 4.92 Å². The van der Waals surface area contributed by atoms with Crippen molar-refractivity contribution >= 4 is 33.2 Å². The van der Waals surface area contributed by atoms with Gasteiger partial charge in [0.1, 0.15) is 0 Å². The van der Waals surface area contributed by atoms with Crippen molar-refractivity contribution in [2.24, 2.45) is 0 Å². The Balaban J connectivity index is 3.29. The van der Waals surface area contributed by atoms with Gasteiger partial charge in [0.25, 0.3) is 5.69 Å². The topological polar surface area (TPSA) is 43.1 Å². The Morgan fingerprint density at radius 1 is 1.58 bits per heavy atom. The third kappa shape index (κ3) is 1.76. The summed E-state index contributed by atoms with van der Waals surface area (Å²) in [6, 6.07) is 4.97. The van der Waals surface area contributed by atoms with E-state index in [1.165, 1.54) is 0 Å². The average Bonchev–Trinajstić information content (AvgIpc) is 2.03. The normalized spacial score (nSPS) is 9.83. The maximum absolute atomic E-state index is 10.5. The first-order valence-corrected chi connectivity index (χ1v) is 4.47. The summed E-state index contributed by atoms with van der Waals surface area (Å²) >= 11 is 8.61. The van der Waals surface area contributed by atoms with Gasteiger partial charge in [-0.05, 0) is 22.0 Å². The van der Waals surface area contributed by atoms with Gasteiger partial charge in [-0.1, -0.05) is 12.1 Å². The van der Waals surface area contributed by atoms with Crippen LogP contribution in [0.2, 0.25) is 0 Å². The summed E-state index contributed by atoms with van der Waals surface area (Å²) in [5, 5.41) is 10.5. The molecule has 0 saturated heterocycles. The number of para-hydroxylation sites is 1. The third-order valence-electron chi connectivity index (χ3n) is 1.40. The highest BCUT2D eigenvalue weighted by molar-refractivity contribution is 9.10. The Bertz CT molecular complexity index is 316. The summed E-state index contributed by atoms with van der Waals surface area (Å²) in [4.78, 5) is 10.1. The number of halogens is 2. The van der Waals surface area contributed by atoms with Gasteiger partial charge in [-0.3, -0.25) is 10.1 Å². The Hall–Kier alpha value is -0.610. The van der Waals surface area contributed by atoms with E-state index in [-0.39, 0.29) is 11.6 Å². The molecule has 0 unspecified atom stereocenters. The van der Waals surface area contributed by atoms with Crippen molar-refractivity contribution in [2.75, 3.05) is 0 Å². The molecular weight excluding hydrogens is 245 g/mol. The second-order valence-corrected chi connectivity index (χ2v) is 3.26. The second kappa shape index (κ2) is 3.87. The number of nitrogens with zero attached hydrogens (tertiary/aromatic N) is 1. The van der Waals surface area contributed by atoms with Crippen LogP contribution in [-0.2, 0) is 5.88 Å². The highest BCUT2D eigenvalue weighted by atomic mass is 79.9. The van der Waals surface area contributed by atoms with Gasteiger partial charge in [-0.2, -0.15) is 0 Å². The molecule has 1 aromatic carbocycles. The minimum Gasteiger partial charge on any atom is -0.258 e. The molecule has 3 nitrogen and oxygen atoms in total. The zero-order valence-corrected chi connectivity index (χ0v) is 8.30. The van der Waals surface area contributed by atoms with E-state index in [9.17, 15) is 10.1 Å². The van der Waals surface area contributed by atoms with Gasteiger partial charge in [0, 0.05) is 5.56 Å². The van der Waals surface area contributed by atoms with Crippen LogP contribution in [0.5, 0.6) is 0 Å². The second-order valence-electron chi connectivity index (χ2n) is 2.14. The minimum atomic E-state index is -0.443. The molecule has 1 rings (SSSR count). The molecule has 0 aromatic heterocycles. The molecule has 0 aliphatic rings. The van der Waals surface area contributed by atoms with Gasteiger partial charge < -0.3 is 0 Å². The van der Waals surface area contributed by atoms with Crippen LogP contribution in [0.4, 0.5) is 5.69 Å². The monoisotopic (exact) mass is 249 g/mol. The fraction of sp³-hybridized carbons (Fsp3) is 0.143. The van der Waals surface area contributed by atoms with Crippen molar-refractivity contribution in [2.45, 2.75) is 5.88 Å². The molecule has 1 aromatic rings. The summed E-state index contributed by atoms with van der Waals surface area (Å²) in [6.07, 6.45) is 0. The molecule has 64 valence electrons. The lowest BCUT2D eigenvalue weighted by molar-refractivity contribution is -0.386. The number of hydrogen-bond donors (Lipinski definition) is 0. The smallest absolute Gasteiger partial charge is 0.258 e. The Morgan fingerprint density at radius 2 is 2.25 bits per heavy atom. The lowest BCUT2D eigenvalue weighted by atomic mass is 10.2. The van der Waals surface area contributed by atoms with E-state index >= 15 is 0 Å². The molecule has 0 amide bonds. The van der Waals surface area contributed by atoms with Gasteiger partial charge in [0.2, 0.25) is 0 Å². The SMILES string of the molecule is O=[N+]([O-])c1c(Br)cccc1CCl. The summed E-state index contributed by atoms with van der Waals surface area (Å²) in [5.41, 5.74) is 0.573. The van der Waals surface area contributed by atoms with Gasteiger partial charge >= 0.3 is 0 Å².